The molecule has 0 aromatic rings. The van der Waals surface area contributed by atoms with Gasteiger partial charge in [-0.3, -0.25) is 0 Å². The van der Waals surface area contributed by atoms with Gasteiger partial charge in [-0.2, -0.15) is 8.42 Å². The first-order valence-corrected chi connectivity index (χ1v) is 6.36. The molecule has 12 heavy (non-hydrogen) atoms. The van der Waals surface area contributed by atoms with Gasteiger partial charge in [0, 0.05) is 23.8 Å². The Morgan fingerprint density at radius 1 is 1.08 bits per heavy atom. The predicted octanol–water partition coefficient (Wildman–Crippen LogP) is 0.851. The molecule has 1 aliphatic rings. The number of nitrogens with zero attached hydrogens (tertiary/aromatic N) is 1. The standard InChI is InChI=1S/C6H13ClN2O2S/c7-12(10,11)8-9-5-3-1-2-4-6-9/h8H,1-6H2. The lowest BCUT2D eigenvalue weighted by Crippen LogP contribution is -2.40. The number of hydrazine groups is 1. The Morgan fingerprint density at radius 2 is 1.58 bits per heavy atom. The summed E-state index contributed by atoms with van der Waals surface area (Å²) in [6, 6.07) is 0. The van der Waals surface area contributed by atoms with Crippen LogP contribution < -0.4 is 4.83 Å². The summed E-state index contributed by atoms with van der Waals surface area (Å²) >= 11 is 0. The highest BCUT2D eigenvalue weighted by molar-refractivity contribution is 8.12. The molecule has 72 valence electrons. The SMILES string of the molecule is O=S(=O)(Cl)NN1CCCCCC1. The molecule has 0 saturated carbocycles. The van der Waals surface area contributed by atoms with E-state index in [9.17, 15) is 8.42 Å². The van der Waals surface area contributed by atoms with Crippen LogP contribution in [-0.4, -0.2) is 26.5 Å². The summed E-state index contributed by atoms with van der Waals surface area (Å²) < 4.78 is 21.2. The first-order chi connectivity index (χ1) is 5.58. The Morgan fingerprint density at radius 3 is 2.00 bits per heavy atom. The first kappa shape index (κ1) is 10.2. The van der Waals surface area contributed by atoms with Crippen molar-refractivity contribution in [1.82, 2.24) is 9.84 Å². The number of hydrogen-bond acceptors (Lipinski definition) is 3. The molecule has 1 N–H and O–H groups in total. The van der Waals surface area contributed by atoms with Gasteiger partial charge in [0.25, 0.3) is 0 Å². The number of halogens is 1. The van der Waals surface area contributed by atoms with E-state index in [2.05, 4.69) is 4.83 Å². The highest BCUT2D eigenvalue weighted by atomic mass is 35.7. The summed E-state index contributed by atoms with van der Waals surface area (Å²) in [6.07, 6.45) is 4.39. The van der Waals surface area contributed by atoms with Gasteiger partial charge in [0.1, 0.15) is 0 Å². The average Bonchev–Trinajstić information content (AvgIpc) is 2.12. The molecule has 1 heterocycles. The van der Waals surface area contributed by atoms with E-state index < -0.39 is 9.24 Å². The Kier molecular flexibility index (Phi) is 3.77. The highest BCUT2D eigenvalue weighted by Crippen LogP contribution is 2.08. The van der Waals surface area contributed by atoms with Crippen molar-refractivity contribution in [3.8, 4) is 0 Å². The van der Waals surface area contributed by atoms with Crippen molar-refractivity contribution >= 4 is 19.9 Å². The Bertz CT molecular complexity index is 222. The zero-order valence-corrected chi connectivity index (χ0v) is 8.36. The Hall–Kier alpha value is 0.160. The number of rotatable bonds is 2. The van der Waals surface area contributed by atoms with Crippen molar-refractivity contribution in [3.05, 3.63) is 0 Å². The van der Waals surface area contributed by atoms with Crippen molar-refractivity contribution in [2.75, 3.05) is 13.1 Å². The van der Waals surface area contributed by atoms with Crippen molar-refractivity contribution in [1.29, 1.82) is 0 Å². The summed E-state index contributed by atoms with van der Waals surface area (Å²) in [5.41, 5.74) is 0. The molecule has 1 saturated heterocycles. The summed E-state index contributed by atoms with van der Waals surface area (Å²) in [5.74, 6) is 0. The van der Waals surface area contributed by atoms with E-state index in [1.165, 1.54) is 12.8 Å². The fourth-order valence-corrected chi connectivity index (χ4v) is 2.10. The second kappa shape index (κ2) is 4.41. The molecule has 0 aliphatic carbocycles. The zero-order valence-electron chi connectivity index (χ0n) is 6.79. The van der Waals surface area contributed by atoms with Gasteiger partial charge < -0.3 is 0 Å². The van der Waals surface area contributed by atoms with Gasteiger partial charge in [-0.1, -0.05) is 12.8 Å². The number of nitrogens with one attached hydrogen (secondary N) is 1. The molecule has 1 fully saturated rings. The molecule has 0 spiro atoms. The minimum atomic E-state index is -3.59. The van der Waals surface area contributed by atoms with Crippen LogP contribution in [0, 0.1) is 0 Å². The van der Waals surface area contributed by atoms with Crippen LogP contribution in [0.5, 0.6) is 0 Å². The number of hydrogen-bond donors (Lipinski definition) is 1. The summed E-state index contributed by atoms with van der Waals surface area (Å²) in [5, 5.41) is 1.66. The summed E-state index contributed by atoms with van der Waals surface area (Å²) in [4.78, 5) is 2.27. The molecule has 0 unspecified atom stereocenters. The van der Waals surface area contributed by atoms with Crippen LogP contribution in [0.25, 0.3) is 0 Å². The van der Waals surface area contributed by atoms with E-state index in [1.54, 1.807) is 5.01 Å². The fourth-order valence-electron chi connectivity index (χ4n) is 1.32. The van der Waals surface area contributed by atoms with E-state index >= 15 is 0 Å². The minimum Gasteiger partial charge on any atom is -0.230 e. The van der Waals surface area contributed by atoms with Gasteiger partial charge in [0.2, 0.25) is 0 Å². The van der Waals surface area contributed by atoms with E-state index in [0.29, 0.717) is 0 Å². The maximum absolute atomic E-state index is 10.6. The molecule has 0 radical (unpaired) electrons. The van der Waals surface area contributed by atoms with Gasteiger partial charge in [-0.05, 0) is 12.8 Å². The van der Waals surface area contributed by atoms with Crippen LogP contribution in [-0.2, 0) is 9.24 Å². The first-order valence-electron chi connectivity index (χ1n) is 4.05. The van der Waals surface area contributed by atoms with Crippen molar-refractivity contribution in [3.63, 3.8) is 0 Å². The predicted molar refractivity (Wildman–Crippen MR) is 47.9 cm³/mol. The molecular formula is C6H13ClN2O2S. The third kappa shape index (κ3) is 4.25. The summed E-state index contributed by atoms with van der Waals surface area (Å²) in [7, 11) is 1.45. The quantitative estimate of drug-likeness (QED) is 0.691. The molecule has 1 rings (SSSR count). The van der Waals surface area contributed by atoms with Crippen molar-refractivity contribution in [2.24, 2.45) is 0 Å². The van der Waals surface area contributed by atoms with Gasteiger partial charge in [-0.25, -0.2) is 5.01 Å². The van der Waals surface area contributed by atoms with Crippen LogP contribution in [0.15, 0.2) is 0 Å². The minimum absolute atomic E-state index is 0.756. The molecule has 4 nitrogen and oxygen atoms in total. The van der Waals surface area contributed by atoms with E-state index in [4.69, 9.17) is 10.7 Å². The lowest BCUT2D eigenvalue weighted by Gasteiger charge is -2.17. The van der Waals surface area contributed by atoms with Crippen LogP contribution in [0.4, 0.5) is 0 Å². The monoisotopic (exact) mass is 212 g/mol. The molecule has 0 aromatic carbocycles. The molecular weight excluding hydrogens is 200 g/mol. The molecule has 0 bridgehead atoms. The third-order valence-electron chi connectivity index (χ3n) is 1.84. The van der Waals surface area contributed by atoms with Crippen LogP contribution >= 0.6 is 10.7 Å². The van der Waals surface area contributed by atoms with Gasteiger partial charge >= 0.3 is 9.24 Å². The lowest BCUT2D eigenvalue weighted by atomic mass is 10.2. The highest BCUT2D eigenvalue weighted by Gasteiger charge is 2.13. The van der Waals surface area contributed by atoms with E-state index in [1.807, 2.05) is 0 Å². The third-order valence-corrected chi connectivity index (χ3v) is 2.53. The smallest absolute Gasteiger partial charge is 0.230 e. The molecule has 1 aliphatic heterocycles. The Labute approximate surface area is 77.4 Å². The van der Waals surface area contributed by atoms with Gasteiger partial charge in [-0.15, -0.1) is 4.83 Å². The largest absolute Gasteiger partial charge is 0.310 e. The van der Waals surface area contributed by atoms with Crippen molar-refractivity contribution in [2.45, 2.75) is 25.7 Å². The zero-order chi connectivity index (χ0) is 9.03. The second-order valence-corrected chi connectivity index (χ2v) is 5.21. The van der Waals surface area contributed by atoms with Crippen LogP contribution in [0.3, 0.4) is 0 Å². The normalized spacial score (nSPS) is 22.1. The maximum Gasteiger partial charge on any atom is 0.310 e. The van der Waals surface area contributed by atoms with E-state index in [-0.39, 0.29) is 0 Å². The van der Waals surface area contributed by atoms with E-state index in [0.717, 1.165) is 25.9 Å². The average molecular weight is 213 g/mol. The maximum atomic E-state index is 10.6. The van der Waals surface area contributed by atoms with Crippen LogP contribution in [0.1, 0.15) is 25.7 Å². The topological polar surface area (TPSA) is 49.4 Å². The Balaban J connectivity index is 2.40. The van der Waals surface area contributed by atoms with Crippen molar-refractivity contribution < 1.29 is 8.42 Å². The molecule has 0 atom stereocenters. The summed E-state index contributed by atoms with van der Waals surface area (Å²) in [6.45, 7) is 1.51. The van der Waals surface area contributed by atoms with Gasteiger partial charge in [0.05, 0.1) is 0 Å². The second-order valence-electron chi connectivity index (χ2n) is 2.93. The fraction of sp³-hybridized carbons (Fsp3) is 1.00. The lowest BCUT2D eigenvalue weighted by molar-refractivity contribution is 0.253. The molecule has 0 aromatic heterocycles. The molecule has 0 amide bonds. The molecule has 6 heteroatoms. The van der Waals surface area contributed by atoms with Crippen LogP contribution in [0.2, 0.25) is 0 Å². The van der Waals surface area contributed by atoms with Gasteiger partial charge in [0.15, 0.2) is 0 Å².